The molecule has 13 heavy (non-hydrogen) atoms. The highest BCUT2D eigenvalue weighted by Gasteiger charge is 2.49. The van der Waals surface area contributed by atoms with Gasteiger partial charge in [-0.1, -0.05) is 0 Å². The third-order valence-corrected chi connectivity index (χ3v) is 3.38. The van der Waals surface area contributed by atoms with Gasteiger partial charge in [-0.25, -0.2) is 0 Å². The highest BCUT2D eigenvalue weighted by Crippen LogP contribution is 2.52. The van der Waals surface area contributed by atoms with E-state index in [1.807, 2.05) is 0 Å². The molecule has 1 unspecified atom stereocenters. The molecule has 0 amide bonds. The van der Waals surface area contributed by atoms with Gasteiger partial charge in [0.15, 0.2) is 5.85 Å². The van der Waals surface area contributed by atoms with E-state index in [-0.39, 0.29) is 0 Å². The summed E-state index contributed by atoms with van der Waals surface area (Å²) in [5, 5.41) is 35.7. The second kappa shape index (κ2) is 3.62. The molecule has 7 nitrogen and oxygen atoms in total. The van der Waals surface area contributed by atoms with Crippen LogP contribution in [0.5, 0.6) is 0 Å². The maximum absolute atomic E-state index is 11.0. The molecule has 1 aliphatic rings. The van der Waals surface area contributed by atoms with E-state index < -0.39 is 38.4 Å². The van der Waals surface area contributed by atoms with Crippen molar-refractivity contribution in [2.75, 3.05) is 6.61 Å². The quantitative estimate of drug-likeness (QED) is 0.308. The first-order chi connectivity index (χ1) is 5.90. The topological polar surface area (TPSA) is 127 Å². The normalized spacial score (nSPS) is 52.1. The minimum Gasteiger partial charge on any atom is -0.394 e. The molecule has 0 bridgehead atoms. The average Bonchev–Trinajstić information content (AvgIpc) is 2.08. The lowest BCUT2D eigenvalue weighted by Gasteiger charge is -2.36. The molecule has 78 valence electrons. The van der Waals surface area contributed by atoms with Gasteiger partial charge in [-0.15, -0.1) is 0 Å². The van der Waals surface area contributed by atoms with Gasteiger partial charge in [-0.3, -0.25) is 9.09 Å². The summed E-state index contributed by atoms with van der Waals surface area (Å²) in [5.41, 5.74) is 0. The molecule has 1 saturated heterocycles. The van der Waals surface area contributed by atoms with Crippen LogP contribution in [-0.2, 0) is 9.09 Å². The van der Waals surface area contributed by atoms with Crippen LogP contribution in [0.15, 0.2) is 0 Å². The van der Waals surface area contributed by atoms with Crippen molar-refractivity contribution >= 4 is 7.60 Å². The summed E-state index contributed by atoms with van der Waals surface area (Å²) in [7, 11) is -4.36. The molecule has 0 aliphatic carbocycles. The second-order valence-corrected chi connectivity index (χ2v) is 4.65. The van der Waals surface area contributed by atoms with Crippen LogP contribution in [0.25, 0.3) is 0 Å². The van der Waals surface area contributed by atoms with Crippen molar-refractivity contribution in [3.8, 4) is 0 Å². The van der Waals surface area contributed by atoms with Gasteiger partial charge < -0.3 is 25.3 Å². The van der Waals surface area contributed by atoms with Crippen molar-refractivity contribution in [2.45, 2.75) is 24.2 Å². The van der Waals surface area contributed by atoms with Gasteiger partial charge in [0.05, 0.1) is 6.61 Å². The Bertz CT molecular complexity index is 229. The Labute approximate surface area is 73.7 Å². The van der Waals surface area contributed by atoms with Crippen LogP contribution in [-0.4, -0.2) is 56.1 Å². The molecule has 1 heterocycles. The molecule has 0 aromatic carbocycles. The van der Waals surface area contributed by atoms with Gasteiger partial charge in [-0.05, 0) is 0 Å². The van der Waals surface area contributed by atoms with E-state index in [1.165, 1.54) is 0 Å². The van der Waals surface area contributed by atoms with Crippen LogP contribution in [0, 0.1) is 0 Å². The van der Waals surface area contributed by atoms with Crippen LogP contribution in [0.3, 0.4) is 0 Å². The fraction of sp³-hybridized carbons (Fsp3) is 1.00. The molecule has 1 rings (SSSR count). The molecule has 0 spiro atoms. The maximum atomic E-state index is 11.0. The van der Waals surface area contributed by atoms with Gasteiger partial charge in [0, 0.05) is 0 Å². The van der Waals surface area contributed by atoms with Gasteiger partial charge in [0.2, 0.25) is 0 Å². The first-order valence-corrected chi connectivity index (χ1v) is 5.20. The molecule has 8 heteroatoms. The fourth-order valence-corrected chi connectivity index (χ4v) is 2.32. The van der Waals surface area contributed by atoms with E-state index in [0.717, 1.165) is 0 Å². The highest BCUT2D eigenvalue weighted by atomic mass is 31.2. The van der Waals surface area contributed by atoms with E-state index in [0.29, 0.717) is 0 Å². The lowest BCUT2D eigenvalue weighted by Crippen LogP contribution is -2.51. The zero-order chi connectivity index (χ0) is 10.2. The fourth-order valence-electron chi connectivity index (χ4n) is 1.05. The average molecular weight is 214 g/mol. The first-order valence-electron chi connectivity index (χ1n) is 3.56. The van der Waals surface area contributed by atoms with Crippen LogP contribution in [0.1, 0.15) is 0 Å². The molecule has 0 aromatic heterocycles. The smallest absolute Gasteiger partial charge is 0.359 e. The van der Waals surface area contributed by atoms with Crippen molar-refractivity contribution in [1.82, 2.24) is 0 Å². The van der Waals surface area contributed by atoms with Crippen molar-refractivity contribution in [3.63, 3.8) is 0 Å². The van der Waals surface area contributed by atoms with Crippen LogP contribution >= 0.6 is 7.60 Å². The summed E-state index contributed by atoms with van der Waals surface area (Å²) in [6, 6.07) is 0. The Kier molecular flexibility index (Phi) is 3.09. The summed E-state index contributed by atoms with van der Waals surface area (Å²) in [6.45, 7) is -0.713. The Morgan fingerprint density at radius 1 is 1.23 bits per heavy atom. The minimum absolute atomic E-state index is 0.713. The molecule has 1 fully saturated rings. The monoisotopic (exact) mass is 214 g/mol. The van der Waals surface area contributed by atoms with Gasteiger partial charge in [0.25, 0.3) is 0 Å². The standard InChI is InChI=1S/C5H11O7P/c6-1-2-3(7)4(8)5(9)13(10,11)12-2/h2-9H,1H2,(H,10,11)/t2-,3-,4+,5+/m1/s1. The second-order valence-electron chi connectivity index (χ2n) is 2.79. The van der Waals surface area contributed by atoms with Gasteiger partial charge in [0.1, 0.15) is 18.3 Å². The SMILES string of the molecule is O=P1(O)O[C@H](CO)[C@@H](O)[C@H](O)[C@H]1O. The van der Waals surface area contributed by atoms with Gasteiger partial charge >= 0.3 is 7.60 Å². The molecule has 1 aliphatic heterocycles. The van der Waals surface area contributed by atoms with Crippen LogP contribution in [0.4, 0.5) is 0 Å². The lowest BCUT2D eigenvalue weighted by atomic mass is 10.1. The number of aliphatic hydroxyl groups excluding tert-OH is 4. The summed E-state index contributed by atoms with van der Waals surface area (Å²) in [5.74, 6) is -2.04. The van der Waals surface area contributed by atoms with E-state index >= 15 is 0 Å². The van der Waals surface area contributed by atoms with Crippen molar-refractivity contribution in [3.05, 3.63) is 0 Å². The molecule has 0 aromatic rings. The number of hydrogen-bond donors (Lipinski definition) is 5. The maximum Gasteiger partial charge on any atom is 0.359 e. The van der Waals surface area contributed by atoms with E-state index in [1.54, 1.807) is 0 Å². The van der Waals surface area contributed by atoms with Crippen molar-refractivity contribution in [1.29, 1.82) is 0 Å². The van der Waals surface area contributed by atoms with Crippen molar-refractivity contribution in [2.24, 2.45) is 0 Å². The largest absolute Gasteiger partial charge is 0.394 e. The Morgan fingerprint density at radius 3 is 2.23 bits per heavy atom. The van der Waals surface area contributed by atoms with E-state index in [2.05, 4.69) is 4.52 Å². The third kappa shape index (κ3) is 1.92. The zero-order valence-electron chi connectivity index (χ0n) is 6.52. The summed E-state index contributed by atoms with van der Waals surface area (Å²) in [4.78, 5) is 8.93. The molecule has 0 radical (unpaired) electrons. The lowest BCUT2D eigenvalue weighted by molar-refractivity contribution is -0.121. The predicted octanol–water partition coefficient (Wildman–Crippen LogP) is -2.40. The summed E-state index contributed by atoms with van der Waals surface area (Å²) >= 11 is 0. The van der Waals surface area contributed by atoms with Crippen LogP contribution in [0.2, 0.25) is 0 Å². The summed E-state index contributed by atoms with van der Waals surface area (Å²) < 4.78 is 15.3. The number of hydrogen-bond acceptors (Lipinski definition) is 6. The van der Waals surface area contributed by atoms with Gasteiger partial charge in [-0.2, -0.15) is 0 Å². The first kappa shape index (κ1) is 11.1. The summed E-state index contributed by atoms with van der Waals surface area (Å²) in [6.07, 6.45) is -4.72. The number of rotatable bonds is 1. The molecule has 0 saturated carbocycles. The van der Waals surface area contributed by atoms with Crippen molar-refractivity contribution < 1.29 is 34.4 Å². The highest BCUT2D eigenvalue weighted by molar-refractivity contribution is 7.53. The molecular weight excluding hydrogens is 203 g/mol. The molecule has 5 atom stereocenters. The number of aliphatic hydroxyl groups is 4. The van der Waals surface area contributed by atoms with E-state index in [9.17, 15) is 4.57 Å². The molecule has 5 N–H and O–H groups in total. The Morgan fingerprint density at radius 2 is 1.77 bits per heavy atom. The third-order valence-electron chi connectivity index (χ3n) is 1.84. The Hall–Kier alpha value is -0.0100. The zero-order valence-corrected chi connectivity index (χ0v) is 7.41. The van der Waals surface area contributed by atoms with E-state index in [4.69, 9.17) is 25.3 Å². The minimum atomic E-state index is -4.36. The van der Waals surface area contributed by atoms with Crippen LogP contribution < -0.4 is 0 Å². The molecular formula is C5H11O7P. The predicted molar refractivity (Wildman–Crippen MR) is 39.8 cm³/mol. The Balaban J connectivity index is 2.85.